The Hall–Kier alpha value is -0.490. The molecule has 0 aliphatic heterocycles. The standard InChI is InChI=1S/C9H13Cl/c1-3-5-6-8-9(10)7-4-2/h4-8H,3H2,1-2H3/b6-5+,7-4-,9-8+. The summed E-state index contributed by atoms with van der Waals surface area (Å²) in [5.74, 6) is 0. The molecule has 0 N–H and O–H groups in total. The van der Waals surface area contributed by atoms with Crippen molar-refractivity contribution < 1.29 is 0 Å². The minimum atomic E-state index is 0.771. The Labute approximate surface area is 67.9 Å². The zero-order valence-electron chi connectivity index (χ0n) is 6.47. The average Bonchev–Trinajstić information content (AvgIpc) is 1.89. The maximum Gasteiger partial charge on any atom is 0.0402 e. The zero-order valence-corrected chi connectivity index (χ0v) is 7.23. The summed E-state index contributed by atoms with van der Waals surface area (Å²) >= 11 is 5.74. The van der Waals surface area contributed by atoms with Crippen molar-refractivity contribution in [2.24, 2.45) is 0 Å². The van der Waals surface area contributed by atoms with Crippen molar-refractivity contribution in [3.05, 3.63) is 35.4 Å². The molecule has 0 heterocycles. The first-order valence-electron chi connectivity index (χ1n) is 3.46. The molecule has 0 rings (SSSR count). The first-order chi connectivity index (χ1) is 4.81. The van der Waals surface area contributed by atoms with Crippen LogP contribution in [-0.4, -0.2) is 0 Å². The van der Waals surface area contributed by atoms with Crippen LogP contribution in [0, 0.1) is 0 Å². The van der Waals surface area contributed by atoms with E-state index in [0.717, 1.165) is 11.5 Å². The number of rotatable bonds is 3. The van der Waals surface area contributed by atoms with Crippen LogP contribution in [-0.2, 0) is 0 Å². The van der Waals surface area contributed by atoms with Crippen LogP contribution in [0.15, 0.2) is 35.4 Å². The van der Waals surface area contributed by atoms with E-state index in [4.69, 9.17) is 11.6 Å². The molecule has 0 saturated heterocycles. The minimum absolute atomic E-state index is 0.771. The van der Waals surface area contributed by atoms with Gasteiger partial charge in [-0.05, 0) is 25.5 Å². The molecule has 0 nitrogen and oxygen atoms in total. The average molecular weight is 157 g/mol. The van der Waals surface area contributed by atoms with Gasteiger partial charge >= 0.3 is 0 Å². The van der Waals surface area contributed by atoms with Crippen molar-refractivity contribution in [1.82, 2.24) is 0 Å². The highest BCUT2D eigenvalue weighted by atomic mass is 35.5. The highest BCUT2D eigenvalue weighted by Crippen LogP contribution is 2.02. The van der Waals surface area contributed by atoms with Crippen LogP contribution in [0.5, 0.6) is 0 Å². The Balaban J connectivity index is 3.79. The van der Waals surface area contributed by atoms with Gasteiger partial charge in [0.25, 0.3) is 0 Å². The van der Waals surface area contributed by atoms with Crippen LogP contribution in [0.1, 0.15) is 20.3 Å². The number of hydrogen-bond acceptors (Lipinski definition) is 0. The molecular formula is C9H13Cl. The first kappa shape index (κ1) is 9.51. The molecule has 0 aliphatic carbocycles. The van der Waals surface area contributed by atoms with Gasteiger partial charge in [-0.15, -0.1) is 0 Å². The second-order valence-electron chi connectivity index (χ2n) is 1.89. The van der Waals surface area contributed by atoms with Crippen LogP contribution >= 0.6 is 11.6 Å². The second kappa shape index (κ2) is 6.63. The molecule has 0 atom stereocenters. The van der Waals surface area contributed by atoms with E-state index in [1.165, 1.54) is 0 Å². The molecule has 0 radical (unpaired) electrons. The lowest BCUT2D eigenvalue weighted by molar-refractivity contribution is 1.22. The summed E-state index contributed by atoms with van der Waals surface area (Å²) in [6.45, 7) is 4.04. The SMILES string of the molecule is C\C=C/C(Cl)=C\C=C\CC. The Morgan fingerprint density at radius 1 is 1.50 bits per heavy atom. The molecule has 1 heteroatoms. The van der Waals surface area contributed by atoms with Crippen LogP contribution < -0.4 is 0 Å². The van der Waals surface area contributed by atoms with E-state index in [0.29, 0.717) is 0 Å². The van der Waals surface area contributed by atoms with E-state index in [2.05, 4.69) is 13.0 Å². The second-order valence-corrected chi connectivity index (χ2v) is 2.32. The van der Waals surface area contributed by atoms with Gasteiger partial charge in [0.15, 0.2) is 0 Å². The number of allylic oxidation sites excluding steroid dienone is 6. The molecular weight excluding hydrogens is 144 g/mol. The molecule has 0 saturated carbocycles. The molecule has 0 aromatic heterocycles. The highest BCUT2D eigenvalue weighted by Gasteiger charge is 1.76. The van der Waals surface area contributed by atoms with Crippen LogP contribution in [0.2, 0.25) is 0 Å². The molecule has 0 unspecified atom stereocenters. The third kappa shape index (κ3) is 5.64. The van der Waals surface area contributed by atoms with Crippen molar-refractivity contribution in [2.75, 3.05) is 0 Å². The fourth-order valence-electron chi connectivity index (χ4n) is 0.511. The lowest BCUT2D eigenvalue weighted by Gasteiger charge is -1.82. The molecule has 0 spiro atoms. The minimum Gasteiger partial charge on any atom is -0.0862 e. The maximum absolute atomic E-state index is 5.74. The molecule has 0 aromatic carbocycles. The summed E-state index contributed by atoms with van der Waals surface area (Å²) < 4.78 is 0. The van der Waals surface area contributed by atoms with E-state index in [9.17, 15) is 0 Å². The van der Waals surface area contributed by atoms with Crippen molar-refractivity contribution >= 4 is 11.6 Å². The van der Waals surface area contributed by atoms with E-state index in [-0.39, 0.29) is 0 Å². The topological polar surface area (TPSA) is 0 Å². The van der Waals surface area contributed by atoms with E-state index < -0.39 is 0 Å². The van der Waals surface area contributed by atoms with Gasteiger partial charge in [0, 0.05) is 5.03 Å². The zero-order chi connectivity index (χ0) is 7.82. The number of hydrogen-bond donors (Lipinski definition) is 0. The van der Waals surface area contributed by atoms with Gasteiger partial charge in [-0.2, -0.15) is 0 Å². The van der Waals surface area contributed by atoms with Crippen molar-refractivity contribution in [3.63, 3.8) is 0 Å². The van der Waals surface area contributed by atoms with E-state index in [1.54, 1.807) is 0 Å². The molecule has 0 aliphatic rings. The van der Waals surface area contributed by atoms with Gasteiger partial charge in [-0.25, -0.2) is 0 Å². The summed E-state index contributed by atoms with van der Waals surface area (Å²) in [7, 11) is 0. The Kier molecular flexibility index (Phi) is 6.30. The summed E-state index contributed by atoms with van der Waals surface area (Å²) in [6.07, 6.45) is 10.7. The predicted octanol–water partition coefficient (Wildman–Crippen LogP) is 3.65. The Morgan fingerprint density at radius 3 is 2.70 bits per heavy atom. The normalized spacial score (nSPS) is 13.7. The molecule has 56 valence electrons. The van der Waals surface area contributed by atoms with Crippen molar-refractivity contribution in [3.8, 4) is 0 Å². The Morgan fingerprint density at radius 2 is 2.20 bits per heavy atom. The van der Waals surface area contributed by atoms with Gasteiger partial charge in [0.05, 0.1) is 0 Å². The lowest BCUT2D eigenvalue weighted by atomic mass is 10.3. The lowest BCUT2D eigenvalue weighted by Crippen LogP contribution is -1.59. The van der Waals surface area contributed by atoms with Gasteiger partial charge in [0.2, 0.25) is 0 Å². The molecule has 0 bridgehead atoms. The van der Waals surface area contributed by atoms with Gasteiger partial charge in [0.1, 0.15) is 0 Å². The van der Waals surface area contributed by atoms with Crippen molar-refractivity contribution in [2.45, 2.75) is 20.3 Å². The first-order valence-corrected chi connectivity index (χ1v) is 3.84. The predicted molar refractivity (Wildman–Crippen MR) is 48.2 cm³/mol. The molecule has 10 heavy (non-hydrogen) atoms. The van der Waals surface area contributed by atoms with Gasteiger partial charge in [-0.3, -0.25) is 0 Å². The summed E-state index contributed by atoms with van der Waals surface area (Å²) in [4.78, 5) is 0. The molecule has 0 amide bonds. The third-order valence-electron chi connectivity index (χ3n) is 0.953. The van der Waals surface area contributed by atoms with E-state index in [1.807, 2.05) is 31.2 Å². The van der Waals surface area contributed by atoms with Gasteiger partial charge < -0.3 is 0 Å². The summed E-state index contributed by atoms with van der Waals surface area (Å²) in [5.41, 5.74) is 0. The quantitative estimate of drug-likeness (QED) is 0.548. The summed E-state index contributed by atoms with van der Waals surface area (Å²) in [5, 5.41) is 0.771. The smallest absolute Gasteiger partial charge is 0.0402 e. The fourth-order valence-corrected chi connectivity index (χ4v) is 0.710. The van der Waals surface area contributed by atoms with Crippen molar-refractivity contribution in [1.29, 1.82) is 0 Å². The third-order valence-corrected chi connectivity index (χ3v) is 1.21. The highest BCUT2D eigenvalue weighted by molar-refractivity contribution is 6.31. The van der Waals surface area contributed by atoms with Gasteiger partial charge in [-0.1, -0.05) is 36.8 Å². The largest absolute Gasteiger partial charge is 0.0862 e. The van der Waals surface area contributed by atoms with Crippen LogP contribution in [0.25, 0.3) is 0 Å². The fraction of sp³-hybridized carbons (Fsp3) is 0.333. The monoisotopic (exact) mass is 156 g/mol. The summed E-state index contributed by atoms with van der Waals surface area (Å²) in [6, 6.07) is 0. The maximum atomic E-state index is 5.74. The molecule has 0 aromatic rings. The molecule has 0 fully saturated rings. The van der Waals surface area contributed by atoms with Crippen LogP contribution in [0.3, 0.4) is 0 Å². The van der Waals surface area contributed by atoms with E-state index >= 15 is 0 Å². The van der Waals surface area contributed by atoms with Crippen LogP contribution in [0.4, 0.5) is 0 Å². The number of halogens is 1. The Bertz CT molecular complexity index is 152.